The number of nitrogens with zero attached hydrogens (tertiary/aromatic N) is 1. The summed E-state index contributed by atoms with van der Waals surface area (Å²) in [6.45, 7) is 0. The summed E-state index contributed by atoms with van der Waals surface area (Å²) in [6.07, 6.45) is 1.81. The zero-order valence-electron chi connectivity index (χ0n) is 9.71. The van der Waals surface area contributed by atoms with E-state index in [0.29, 0.717) is 5.69 Å². The number of aromatic nitrogens is 1. The number of rotatable bonds is 3. The molecule has 1 aromatic carbocycles. The van der Waals surface area contributed by atoms with Crippen molar-refractivity contribution in [3.63, 3.8) is 0 Å². The van der Waals surface area contributed by atoms with E-state index < -0.39 is 0 Å². The van der Waals surface area contributed by atoms with Gasteiger partial charge in [0.2, 0.25) is 0 Å². The van der Waals surface area contributed by atoms with E-state index in [2.05, 4.69) is 0 Å². The predicted molar refractivity (Wildman–Crippen MR) is 63.7 cm³/mol. The largest absolute Gasteiger partial charge is 0.497 e. The topological polar surface area (TPSA) is 40.5 Å². The van der Waals surface area contributed by atoms with Gasteiger partial charge in [0.05, 0.1) is 14.2 Å². The second-order valence-electron chi connectivity index (χ2n) is 3.45. The van der Waals surface area contributed by atoms with Gasteiger partial charge >= 0.3 is 5.97 Å². The van der Waals surface area contributed by atoms with Crippen molar-refractivity contribution in [2.45, 2.75) is 0 Å². The molecule has 0 aliphatic rings. The first-order chi connectivity index (χ1) is 8.26. The van der Waals surface area contributed by atoms with Crippen LogP contribution in [0.1, 0.15) is 10.5 Å². The van der Waals surface area contributed by atoms with E-state index in [1.807, 2.05) is 30.5 Å². The molecular formula is C13H13NO3. The van der Waals surface area contributed by atoms with Crippen molar-refractivity contribution < 1.29 is 14.3 Å². The fraction of sp³-hybridized carbons (Fsp3) is 0.154. The third-order valence-electron chi connectivity index (χ3n) is 2.49. The number of esters is 1. The van der Waals surface area contributed by atoms with Gasteiger partial charge in [0.15, 0.2) is 0 Å². The minimum atomic E-state index is -0.356. The second-order valence-corrected chi connectivity index (χ2v) is 3.45. The molecule has 4 nitrogen and oxygen atoms in total. The number of ether oxygens (including phenoxy) is 2. The zero-order chi connectivity index (χ0) is 12.3. The van der Waals surface area contributed by atoms with Gasteiger partial charge in [-0.15, -0.1) is 0 Å². The van der Waals surface area contributed by atoms with Crippen molar-refractivity contribution in [2.24, 2.45) is 0 Å². The Balaban J connectivity index is 2.39. The van der Waals surface area contributed by atoms with Gasteiger partial charge in [-0.1, -0.05) is 0 Å². The van der Waals surface area contributed by atoms with E-state index in [-0.39, 0.29) is 5.97 Å². The molecular weight excluding hydrogens is 218 g/mol. The van der Waals surface area contributed by atoms with Gasteiger partial charge in [-0.05, 0) is 36.4 Å². The van der Waals surface area contributed by atoms with Crippen LogP contribution in [0.25, 0.3) is 5.69 Å². The van der Waals surface area contributed by atoms with Crippen LogP contribution in [0.5, 0.6) is 5.75 Å². The molecule has 0 amide bonds. The molecule has 0 saturated carbocycles. The zero-order valence-corrected chi connectivity index (χ0v) is 9.71. The maximum atomic E-state index is 11.5. The van der Waals surface area contributed by atoms with Crippen molar-refractivity contribution >= 4 is 5.97 Å². The van der Waals surface area contributed by atoms with E-state index in [0.717, 1.165) is 11.4 Å². The molecule has 0 spiro atoms. The average molecular weight is 231 g/mol. The molecule has 17 heavy (non-hydrogen) atoms. The Bertz CT molecular complexity index is 514. The molecule has 0 atom stereocenters. The van der Waals surface area contributed by atoms with Gasteiger partial charge in [0, 0.05) is 11.9 Å². The molecule has 0 unspecified atom stereocenters. The summed E-state index contributed by atoms with van der Waals surface area (Å²) in [7, 11) is 2.98. The third kappa shape index (κ3) is 2.15. The standard InChI is InChI=1S/C13H13NO3/c1-16-11-7-5-10(6-8-11)14-9-3-4-12(14)13(15)17-2/h3-9H,1-2H3. The van der Waals surface area contributed by atoms with Crippen molar-refractivity contribution in [1.82, 2.24) is 4.57 Å². The fourth-order valence-electron chi connectivity index (χ4n) is 1.62. The Morgan fingerprint density at radius 2 is 1.82 bits per heavy atom. The molecule has 0 bridgehead atoms. The lowest BCUT2D eigenvalue weighted by atomic mass is 10.3. The lowest BCUT2D eigenvalue weighted by Gasteiger charge is -2.08. The first-order valence-corrected chi connectivity index (χ1v) is 5.16. The van der Waals surface area contributed by atoms with Gasteiger partial charge < -0.3 is 14.0 Å². The lowest BCUT2D eigenvalue weighted by Crippen LogP contribution is -2.08. The summed E-state index contributed by atoms with van der Waals surface area (Å²) in [5, 5.41) is 0. The highest BCUT2D eigenvalue weighted by molar-refractivity contribution is 5.88. The molecule has 0 saturated heterocycles. The molecule has 0 fully saturated rings. The molecule has 2 aromatic rings. The minimum absolute atomic E-state index is 0.356. The summed E-state index contributed by atoms with van der Waals surface area (Å²) >= 11 is 0. The molecule has 0 N–H and O–H groups in total. The van der Waals surface area contributed by atoms with Crippen LogP contribution in [-0.2, 0) is 4.74 Å². The number of benzene rings is 1. The Labute approximate surface area is 99.4 Å². The molecule has 0 radical (unpaired) electrons. The van der Waals surface area contributed by atoms with Crippen LogP contribution in [0.4, 0.5) is 0 Å². The van der Waals surface area contributed by atoms with Crippen LogP contribution < -0.4 is 4.74 Å². The Morgan fingerprint density at radius 1 is 1.12 bits per heavy atom. The van der Waals surface area contributed by atoms with Crippen LogP contribution in [0.2, 0.25) is 0 Å². The normalized spacial score (nSPS) is 10.0. The SMILES string of the molecule is COC(=O)c1cccn1-c1ccc(OC)cc1. The van der Waals surface area contributed by atoms with Crippen LogP contribution >= 0.6 is 0 Å². The first kappa shape index (κ1) is 11.3. The van der Waals surface area contributed by atoms with Crippen LogP contribution in [0, 0.1) is 0 Å². The highest BCUT2D eigenvalue weighted by Gasteiger charge is 2.11. The monoisotopic (exact) mass is 231 g/mol. The maximum absolute atomic E-state index is 11.5. The molecule has 1 aromatic heterocycles. The summed E-state index contributed by atoms with van der Waals surface area (Å²) in [5.41, 5.74) is 1.38. The minimum Gasteiger partial charge on any atom is -0.497 e. The number of hydrogen-bond acceptors (Lipinski definition) is 3. The van der Waals surface area contributed by atoms with Gasteiger partial charge in [-0.2, -0.15) is 0 Å². The fourth-order valence-corrected chi connectivity index (χ4v) is 1.62. The van der Waals surface area contributed by atoms with Crippen molar-refractivity contribution in [3.8, 4) is 11.4 Å². The number of carbonyl (C=O) groups excluding carboxylic acids is 1. The lowest BCUT2D eigenvalue weighted by molar-refractivity contribution is 0.0591. The number of hydrogen-bond donors (Lipinski definition) is 0. The van der Waals surface area contributed by atoms with E-state index in [4.69, 9.17) is 9.47 Å². The third-order valence-corrected chi connectivity index (χ3v) is 2.49. The average Bonchev–Trinajstić information content (AvgIpc) is 2.87. The Hall–Kier alpha value is -2.23. The second kappa shape index (κ2) is 4.74. The van der Waals surface area contributed by atoms with E-state index in [1.165, 1.54) is 7.11 Å². The summed E-state index contributed by atoms with van der Waals surface area (Å²) in [5.74, 6) is 0.423. The van der Waals surface area contributed by atoms with Gasteiger partial charge in [0.1, 0.15) is 11.4 Å². The molecule has 88 valence electrons. The molecule has 2 rings (SSSR count). The van der Waals surface area contributed by atoms with Crippen molar-refractivity contribution in [2.75, 3.05) is 14.2 Å². The maximum Gasteiger partial charge on any atom is 0.355 e. The summed E-state index contributed by atoms with van der Waals surface area (Å²) in [6, 6.07) is 11.0. The smallest absolute Gasteiger partial charge is 0.355 e. The van der Waals surface area contributed by atoms with E-state index in [1.54, 1.807) is 23.8 Å². The van der Waals surface area contributed by atoms with Gasteiger partial charge in [0.25, 0.3) is 0 Å². The van der Waals surface area contributed by atoms with Crippen LogP contribution in [-0.4, -0.2) is 24.8 Å². The highest BCUT2D eigenvalue weighted by Crippen LogP contribution is 2.17. The van der Waals surface area contributed by atoms with E-state index >= 15 is 0 Å². The Morgan fingerprint density at radius 3 is 2.41 bits per heavy atom. The summed E-state index contributed by atoms with van der Waals surface area (Å²) < 4.78 is 11.6. The predicted octanol–water partition coefficient (Wildman–Crippen LogP) is 2.27. The molecule has 4 heteroatoms. The molecule has 0 aliphatic heterocycles. The van der Waals surface area contributed by atoms with Crippen LogP contribution in [0.3, 0.4) is 0 Å². The quantitative estimate of drug-likeness (QED) is 0.761. The number of methoxy groups -OCH3 is 2. The van der Waals surface area contributed by atoms with Crippen molar-refractivity contribution in [3.05, 3.63) is 48.3 Å². The summed E-state index contributed by atoms with van der Waals surface area (Å²) in [4.78, 5) is 11.5. The van der Waals surface area contributed by atoms with Gasteiger partial charge in [-0.25, -0.2) is 4.79 Å². The van der Waals surface area contributed by atoms with Crippen LogP contribution in [0.15, 0.2) is 42.6 Å². The highest BCUT2D eigenvalue weighted by atomic mass is 16.5. The first-order valence-electron chi connectivity index (χ1n) is 5.16. The van der Waals surface area contributed by atoms with E-state index in [9.17, 15) is 4.79 Å². The van der Waals surface area contributed by atoms with Crippen molar-refractivity contribution in [1.29, 1.82) is 0 Å². The van der Waals surface area contributed by atoms with Gasteiger partial charge in [-0.3, -0.25) is 0 Å². The molecule has 0 aliphatic carbocycles. The Kier molecular flexibility index (Phi) is 3.14. The molecule has 1 heterocycles. The number of carbonyl (C=O) groups is 1.